The van der Waals surface area contributed by atoms with Crippen LogP contribution in [0, 0.1) is 20.8 Å². The molecular weight excluding hydrogens is 246 g/mol. The maximum Gasteiger partial charge on any atom is 0.0709 e. The first-order valence-corrected chi connectivity index (χ1v) is 7.44. The van der Waals surface area contributed by atoms with Crippen molar-refractivity contribution in [1.82, 2.24) is 15.1 Å². The van der Waals surface area contributed by atoms with Crippen molar-refractivity contribution in [2.75, 3.05) is 6.54 Å². The van der Waals surface area contributed by atoms with Crippen molar-refractivity contribution in [3.8, 4) is 5.69 Å². The van der Waals surface area contributed by atoms with Gasteiger partial charge in [0.1, 0.15) is 0 Å². The first kappa shape index (κ1) is 14.8. The molecule has 0 bridgehead atoms. The van der Waals surface area contributed by atoms with Crippen LogP contribution in [0.25, 0.3) is 5.69 Å². The first-order valence-electron chi connectivity index (χ1n) is 7.44. The van der Waals surface area contributed by atoms with Crippen LogP contribution in [0.3, 0.4) is 0 Å². The molecule has 0 aliphatic carbocycles. The second kappa shape index (κ2) is 6.23. The minimum Gasteiger partial charge on any atom is -0.313 e. The molecule has 0 fully saturated rings. The molecule has 3 heteroatoms. The van der Waals surface area contributed by atoms with Crippen molar-refractivity contribution in [3.05, 3.63) is 46.3 Å². The third-order valence-corrected chi connectivity index (χ3v) is 3.91. The molecule has 2 aromatic rings. The zero-order chi connectivity index (χ0) is 14.7. The largest absolute Gasteiger partial charge is 0.313 e. The molecule has 0 aliphatic heterocycles. The molecule has 0 radical (unpaired) electrons. The minimum absolute atomic E-state index is 0.890. The van der Waals surface area contributed by atoms with Crippen LogP contribution in [0.15, 0.2) is 18.2 Å². The quantitative estimate of drug-likeness (QED) is 0.902. The highest BCUT2D eigenvalue weighted by Gasteiger charge is 2.15. The van der Waals surface area contributed by atoms with E-state index in [1.807, 2.05) is 0 Å². The number of aromatic nitrogens is 2. The van der Waals surface area contributed by atoms with E-state index >= 15 is 0 Å². The number of rotatable bonds is 5. The Kier molecular flexibility index (Phi) is 4.61. The molecule has 108 valence electrons. The fraction of sp³-hybridized carbons (Fsp3) is 0.471. The summed E-state index contributed by atoms with van der Waals surface area (Å²) in [6, 6.07) is 6.49. The van der Waals surface area contributed by atoms with Gasteiger partial charge in [-0.1, -0.05) is 32.0 Å². The molecule has 1 aromatic carbocycles. The summed E-state index contributed by atoms with van der Waals surface area (Å²) in [5.74, 6) is 0. The highest BCUT2D eigenvalue weighted by molar-refractivity contribution is 5.49. The molecule has 2 rings (SSSR count). The van der Waals surface area contributed by atoms with Gasteiger partial charge < -0.3 is 5.32 Å². The van der Waals surface area contributed by atoms with Crippen LogP contribution in [-0.2, 0) is 13.0 Å². The summed E-state index contributed by atoms with van der Waals surface area (Å²) in [6.45, 7) is 12.6. The third-order valence-electron chi connectivity index (χ3n) is 3.91. The zero-order valence-electron chi connectivity index (χ0n) is 13.2. The van der Waals surface area contributed by atoms with Gasteiger partial charge in [0.15, 0.2) is 0 Å². The van der Waals surface area contributed by atoms with E-state index in [0.717, 1.165) is 25.2 Å². The Balaban J connectivity index is 2.54. The third kappa shape index (κ3) is 2.63. The summed E-state index contributed by atoms with van der Waals surface area (Å²) in [7, 11) is 0. The van der Waals surface area contributed by atoms with Crippen molar-refractivity contribution in [2.24, 2.45) is 0 Å². The molecule has 0 aliphatic rings. The van der Waals surface area contributed by atoms with E-state index in [-0.39, 0.29) is 0 Å². The van der Waals surface area contributed by atoms with Crippen LogP contribution in [-0.4, -0.2) is 16.3 Å². The van der Waals surface area contributed by atoms with Crippen LogP contribution in [0.4, 0.5) is 0 Å². The van der Waals surface area contributed by atoms with E-state index in [1.165, 1.54) is 28.1 Å². The fourth-order valence-electron chi connectivity index (χ4n) is 2.71. The number of para-hydroxylation sites is 1. The number of hydrogen-bond donors (Lipinski definition) is 1. The van der Waals surface area contributed by atoms with Crippen LogP contribution in [0.2, 0.25) is 0 Å². The summed E-state index contributed by atoms with van der Waals surface area (Å²) in [5, 5.41) is 8.18. The summed E-state index contributed by atoms with van der Waals surface area (Å²) in [5.41, 5.74) is 7.56. The van der Waals surface area contributed by atoms with Gasteiger partial charge in [-0.2, -0.15) is 5.10 Å². The van der Waals surface area contributed by atoms with Gasteiger partial charge in [0, 0.05) is 17.8 Å². The average molecular weight is 271 g/mol. The van der Waals surface area contributed by atoms with E-state index in [4.69, 9.17) is 5.10 Å². The summed E-state index contributed by atoms with van der Waals surface area (Å²) in [4.78, 5) is 0. The normalized spacial score (nSPS) is 11.1. The fourth-order valence-corrected chi connectivity index (χ4v) is 2.71. The topological polar surface area (TPSA) is 29.9 Å². The monoisotopic (exact) mass is 271 g/mol. The average Bonchev–Trinajstić information content (AvgIpc) is 2.71. The van der Waals surface area contributed by atoms with Crippen molar-refractivity contribution in [3.63, 3.8) is 0 Å². The molecule has 20 heavy (non-hydrogen) atoms. The molecule has 1 aromatic heterocycles. The van der Waals surface area contributed by atoms with Gasteiger partial charge >= 0.3 is 0 Å². The van der Waals surface area contributed by atoms with Gasteiger partial charge in [-0.3, -0.25) is 0 Å². The Morgan fingerprint density at radius 3 is 2.55 bits per heavy atom. The van der Waals surface area contributed by atoms with Crippen LogP contribution in [0.5, 0.6) is 0 Å². The lowest BCUT2D eigenvalue weighted by Gasteiger charge is -2.13. The number of aryl methyl sites for hydroxylation is 3. The van der Waals surface area contributed by atoms with E-state index in [0.29, 0.717) is 0 Å². The van der Waals surface area contributed by atoms with Crippen LogP contribution < -0.4 is 5.32 Å². The maximum atomic E-state index is 4.78. The molecule has 1 N–H and O–H groups in total. The van der Waals surface area contributed by atoms with Gasteiger partial charge in [-0.25, -0.2) is 4.68 Å². The van der Waals surface area contributed by atoms with Crippen molar-refractivity contribution in [2.45, 2.75) is 47.6 Å². The SMILES string of the molecule is CCNCc1c(C)nn(-c2c(C)cccc2CC)c1C. The lowest BCUT2D eigenvalue weighted by atomic mass is 10.1. The molecule has 0 amide bonds. The van der Waals surface area contributed by atoms with E-state index in [1.54, 1.807) is 0 Å². The summed E-state index contributed by atoms with van der Waals surface area (Å²) < 4.78 is 2.12. The Hall–Kier alpha value is -1.61. The number of nitrogens with zero attached hydrogens (tertiary/aromatic N) is 2. The van der Waals surface area contributed by atoms with Crippen molar-refractivity contribution < 1.29 is 0 Å². The number of nitrogens with one attached hydrogen (secondary N) is 1. The minimum atomic E-state index is 0.890. The molecule has 3 nitrogen and oxygen atoms in total. The second-order valence-corrected chi connectivity index (χ2v) is 5.28. The van der Waals surface area contributed by atoms with Gasteiger partial charge in [-0.15, -0.1) is 0 Å². The Morgan fingerprint density at radius 1 is 1.15 bits per heavy atom. The molecule has 0 unspecified atom stereocenters. The van der Waals surface area contributed by atoms with Gasteiger partial charge in [0.25, 0.3) is 0 Å². The molecule has 0 spiro atoms. The lowest BCUT2D eigenvalue weighted by Crippen LogP contribution is -2.13. The lowest BCUT2D eigenvalue weighted by molar-refractivity contribution is 0.719. The highest BCUT2D eigenvalue weighted by Crippen LogP contribution is 2.24. The van der Waals surface area contributed by atoms with E-state index < -0.39 is 0 Å². The first-order chi connectivity index (χ1) is 9.60. The zero-order valence-corrected chi connectivity index (χ0v) is 13.2. The molecule has 0 atom stereocenters. The summed E-state index contributed by atoms with van der Waals surface area (Å²) in [6.07, 6.45) is 1.03. The van der Waals surface area contributed by atoms with Crippen molar-refractivity contribution in [1.29, 1.82) is 0 Å². The number of benzene rings is 1. The highest BCUT2D eigenvalue weighted by atomic mass is 15.3. The van der Waals surface area contributed by atoms with Crippen molar-refractivity contribution >= 4 is 0 Å². The smallest absolute Gasteiger partial charge is 0.0709 e. The summed E-state index contributed by atoms with van der Waals surface area (Å²) >= 11 is 0. The Labute approximate surface area is 122 Å². The van der Waals surface area contributed by atoms with Crippen LogP contribution >= 0.6 is 0 Å². The Morgan fingerprint density at radius 2 is 1.90 bits per heavy atom. The molecule has 1 heterocycles. The molecule has 0 saturated carbocycles. The maximum absolute atomic E-state index is 4.78. The Bertz CT molecular complexity index is 597. The van der Waals surface area contributed by atoms with Gasteiger partial charge in [0.05, 0.1) is 11.4 Å². The van der Waals surface area contributed by atoms with E-state index in [2.05, 4.69) is 62.8 Å². The predicted octanol–water partition coefficient (Wildman–Crippen LogP) is 3.47. The van der Waals surface area contributed by atoms with Crippen LogP contribution in [0.1, 0.15) is 41.9 Å². The van der Waals surface area contributed by atoms with Gasteiger partial charge in [0.2, 0.25) is 0 Å². The number of hydrogen-bond acceptors (Lipinski definition) is 2. The molecular formula is C17H25N3. The van der Waals surface area contributed by atoms with Gasteiger partial charge in [-0.05, 0) is 44.9 Å². The predicted molar refractivity (Wildman–Crippen MR) is 84.5 cm³/mol. The standard InChI is InChI=1S/C17H25N3/c1-6-15-10-8-9-12(3)17(15)20-14(5)16(11-18-7-2)13(4)19-20/h8-10,18H,6-7,11H2,1-5H3. The molecule has 0 saturated heterocycles. The second-order valence-electron chi connectivity index (χ2n) is 5.28. The van der Waals surface area contributed by atoms with E-state index in [9.17, 15) is 0 Å².